The molecule has 1 aromatic rings. The Labute approximate surface area is 126 Å². The van der Waals surface area contributed by atoms with Gasteiger partial charge in [-0.15, -0.1) is 0 Å². The van der Waals surface area contributed by atoms with Gasteiger partial charge in [-0.25, -0.2) is 0 Å². The molecule has 2 N–H and O–H groups in total. The highest BCUT2D eigenvalue weighted by atomic mass is 79.9. The summed E-state index contributed by atoms with van der Waals surface area (Å²) < 4.78 is 0.702. The van der Waals surface area contributed by atoms with Crippen LogP contribution in [0.4, 0.5) is 11.4 Å². The number of hydrogen-bond acceptors (Lipinski definition) is 4. The minimum absolute atomic E-state index is 0.122. The molecule has 1 aromatic carbocycles. The normalized spacial score (nSPS) is 21.9. The quantitative estimate of drug-likeness (QED) is 0.634. The van der Waals surface area contributed by atoms with Crippen molar-refractivity contribution in [2.75, 3.05) is 18.5 Å². The predicted octanol–water partition coefficient (Wildman–Crippen LogP) is 3.49. The Morgan fingerprint density at radius 3 is 2.80 bits per heavy atom. The third-order valence-electron chi connectivity index (χ3n) is 4.09. The first kappa shape index (κ1) is 15.3. The van der Waals surface area contributed by atoms with Crippen LogP contribution in [-0.2, 0) is 0 Å². The minimum Gasteiger partial charge on any atom is -0.396 e. The van der Waals surface area contributed by atoms with Crippen molar-refractivity contribution in [1.82, 2.24) is 0 Å². The summed E-state index contributed by atoms with van der Waals surface area (Å²) in [4.78, 5) is 10.5. The number of hydrogen-bond donors (Lipinski definition) is 2. The van der Waals surface area contributed by atoms with Crippen LogP contribution in [-0.4, -0.2) is 23.2 Å². The van der Waals surface area contributed by atoms with E-state index in [0.717, 1.165) is 31.5 Å². The topological polar surface area (TPSA) is 75.4 Å². The fraction of sp³-hybridized carbons (Fsp3) is 0.571. The third kappa shape index (κ3) is 3.30. The molecule has 5 nitrogen and oxygen atoms in total. The molecule has 1 aliphatic rings. The standard InChI is InChI=1S/C14H19BrN2O3/c1-9-5-13(12(15)6-14(9)17(19)20)16-7-10-3-2-4-11(10)8-18/h5-6,10-11,16,18H,2-4,7-8H2,1H3. The van der Waals surface area contributed by atoms with E-state index in [1.807, 2.05) is 0 Å². The van der Waals surface area contributed by atoms with Crippen LogP contribution in [0.15, 0.2) is 16.6 Å². The van der Waals surface area contributed by atoms with Gasteiger partial charge in [-0.3, -0.25) is 10.1 Å². The summed E-state index contributed by atoms with van der Waals surface area (Å²) in [5.41, 5.74) is 1.64. The van der Waals surface area contributed by atoms with Gasteiger partial charge in [0.05, 0.1) is 4.92 Å². The van der Waals surface area contributed by atoms with Gasteiger partial charge >= 0.3 is 0 Å². The molecule has 1 aliphatic carbocycles. The summed E-state index contributed by atoms with van der Waals surface area (Å²) in [6.07, 6.45) is 3.38. The highest BCUT2D eigenvalue weighted by Gasteiger charge is 2.26. The molecule has 2 atom stereocenters. The van der Waals surface area contributed by atoms with Crippen LogP contribution in [0.3, 0.4) is 0 Å². The molecule has 0 aliphatic heterocycles. The molecule has 2 unspecified atom stereocenters. The van der Waals surface area contributed by atoms with Crippen LogP contribution in [0.2, 0.25) is 0 Å². The number of aliphatic hydroxyl groups excluding tert-OH is 1. The highest BCUT2D eigenvalue weighted by molar-refractivity contribution is 9.10. The molecular formula is C14H19BrN2O3. The molecule has 0 saturated heterocycles. The largest absolute Gasteiger partial charge is 0.396 e. The molecular weight excluding hydrogens is 324 g/mol. The first-order valence-electron chi connectivity index (χ1n) is 6.82. The zero-order chi connectivity index (χ0) is 14.7. The van der Waals surface area contributed by atoms with Crippen molar-refractivity contribution in [3.63, 3.8) is 0 Å². The first-order chi connectivity index (χ1) is 9.52. The summed E-state index contributed by atoms with van der Waals surface area (Å²) in [7, 11) is 0. The maximum atomic E-state index is 10.9. The van der Waals surface area contributed by atoms with E-state index in [-0.39, 0.29) is 17.2 Å². The molecule has 0 aromatic heterocycles. The zero-order valence-corrected chi connectivity index (χ0v) is 13.0. The number of nitro groups is 1. The van der Waals surface area contributed by atoms with Crippen LogP contribution in [0, 0.1) is 28.9 Å². The van der Waals surface area contributed by atoms with Gasteiger partial charge in [0.25, 0.3) is 5.69 Å². The van der Waals surface area contributed by atoms with Gasteiger partial charge in [0.1, 0.15) is 0 Å². The van der Waals surface area contributed by atoms with Gasteiger partial charge < -0.3 is 10.4 Å². The van der Waals surface area contributed by atoms with Crippen LogP contribution >= 0.6 is 15.9 Å². The second kappa shape index (κ2) is 6.54. The Kier molecular flexibility index (Phi) is 4.99. The number of nitro benzene ring substituents is 1. The maximum absolute atomic E-state index is 10.9. The van der Waals surface area contributed by atoms with Crippen LogP contribution in [0.5, 0.6) is 0 Å². The van der Waals surface area contributed by atoms with Gasteiger partial charge in [0.15, 0.2) is 0 Å². The molecule has 0 amide bonds. The van der Waals surface area contributed by atoms with E-state index in [1.54, 1.807) is 13.0 Å². The third-order valence-corrected chi connectivity index (χ3v) is 4.74. The average molecular weight is 343 g/mol. The van der Waals surface area contributed by atoms with Gasteiger partial charge in [0.2, 0.25) is 0 Å². The SMILES string of the molecule is Cc1cc(NCC2CCCC2CO)c(Br)cc1[N+](=O)[O-]. The van der Waals surface area contributed by atoms with E-state index in [9.17, 15) is 15.2 Å². The van der Waals surface area contributed by atoms with Crippen molar-refractivity contribution >= 4 is 27.3 Å². The summed E-state index contributed by atoms with van der Waals surface area (Å²) in [6.45, 7) is 2.77. The van der Waals surface area contributed by atoms with E-state index < -0.39 is 0 Å². The van der Waals surface area contributed by atoms with E-state index in [1.165, 1.54) is 6.07 Å². The second-order valence-electron chi connectivity index (χ2n) is 5.39. The van der Waals surface area contributed by atoms with Gasteiger partial charge in [-0.2, -0.15) is 0 Å². The molecule has 6 heteroatoms. The average Bonchev–Trinajstić information content (AvgIpc) is 2.86. The number of nitrogens with one attached hydrogen (secondary N) is 1. The number of halogens is 1. The van der Waals surface area contributed by atoms with Gasteiger partial charge in [-0.1, -0.05) is 6.42 Å². The Bertz CT molecular complexity index is 507. The Morgan fingerprint density at radius 2 is 2.15 bits per heavy atom. The van der Waals surface area contributed by atoms with Crippen molar-refractivity contribution < 1.29 is 10.0 Å². The van der Waals surface area contributed by atoms with Crippen molar-refractivity contribution in [2.24, 2.45) is 11.8 Å². The van der Waals surface area contributed by atoms with Crippen LogP contribution in [0.1, 0.15) is 24.8 Å². The number of anilines is 1. The lowest BCUT2D eigenvalue weighted by Crippen LogP contribution is -2.21. The number of aryl methyl sites for hydroxylation is 1. The molecule has 0 bridgehead atoms. The summed E-state index contributed by atoms with van der Waals surface area (Å²) >= 11 is 3.38. The Hall–Kier alpha value is -1.14. The van der Waals surface area contributed by atoms with E-state index in [2.05, 4.69) is 21.2 Å². The zero-order valence-electron chi connectivity index (χ0n) is 11.4. The van der Waals surface area contributed by atoms with E-state index in [0.29, 0.717) is 21.9 Å². The molecule has 0 heterocycles. The lowest BCUT2D eigenvalue weighted by Gasteiger charge is -2.19. The van der Waals surface area contributed by atoms with Crippen LogP contribution < -0.4 is 5.32 Å². The smallest absolute Gasteiger partial charge is 0.273 e. The Morgan fingerprint density at radius 1 is 1.45 bits per heavy atom. The molecule has 20 heavy (non-hydrogen) atoms. The highest BCUT2D eigenvalue weighted by Crippen LogP contribution is 2.34. The van der Waals surface area contributed by atoms with E-state index in [4.69, 9.17) is 0 Å². The Balaban J connectivity index is 2.06. The van der Waals surface area contributed by atoms with Crippen molar-refractivity contribution in [3.8, 4) is 0 Å². The lowest BCUT2D eigenvalue weighted by atomic mass is 9.97. The second-order valence-corrected chi connectivity index (χ2v) is 6.24. The molecule has 1 saturated carbocycles. The molecule has 110 valence electrons. The van der Waals surface area contributed by atoms with Crippen molar-refractivity contribution in [1.29, 1.82) is 0 Å². The predicted molar refractivity (Wildman–Crippen MR) is 81.9 cm³/mol. The lowest BCUT2D eigenvalue weighted by molar-refractivity contribution is -0.385. The molecule has 2 rings (SSSR count). The molecule has 0 radical (unpaired) electrons. The van der Waals surface area contributed by atoms with E-state index >= 15 is 0 Å². The fourth-order valence-corrected chi connectivity index (χ4v) is 3.34. The summed E-state index contributed by atoms with van der Waals surface area (Å²) in [5, 5.41) is 23.5. The van der Waals surface area contributed by atoms with Crippen molar-refractivity contribution in [3.05, 3.63) is 32.3 Å². The van der Waals surface area contributed by atoms with Gasteiger partial charge in [0, 0.05) is 34.9 Å². The summed E-state index contributed by atoms with van der Waals surface area (Å²) in [6, 6.07) is 3.33. The summed E-state index contributed by atoms with van der Waals surface area (Å²) in [5.74, 6) is 0.850. The number of benzene rings is 1. The number of nitrogens with zero attached hydrogens (tertiary/aromatic N) is 1. The minimum atomic E-state index is -0.372. The first-order valence-corrected chi connectivity index (χ1v) is 7.61. The maximum Gasteiger partial charge on any atom is 0.273 e. The molecule has 1 fully saturated rings. The van der Waals surface area contributed by atoms with Gasteiger partial charge in [-0.05, 0) is 53.6 Å². The fourth-order valence-electron chi connectivity index (χ4n) is 2.87. The van der Waals surface area contributed by atoms with Crippen molar-refractivity contribution in [2.45, 2.75) is 26.2 Å². The van der Waals surface area contributed by atoms with Crippen LogP contribution in [0.25, 0.3) is 0 Å². The monoisotopic (exact) mass is 342 g/mol. The number of aliphatic hydroxyl groups is 1. The number of rotatable bonds is 5. The molecule has 0 spiro atoms.